The van der Waals surface area contributed by atoms with E-state index < -0.39 is 0 Å². The van der Waals surface area contributed by atoms with E-state index in [0.29, 0.717) is 6.04 Å². The van der Waals surface area contributed by atoms with E-state index in [2.05, 4.69) is 17.1 Å². The Balaban J connectivity index is 2.10. The molecule has 0 saturated carbocycles. The lowest BCUT2D eigenvalue weighted by molar-refractivity contribution is -0.385. The number of likely N-dealkylation sites (N-methyl/N-ethyl adjacent to an activating group) is 1. The first kappa shape index (κ1) is 13.8. The Labute approximate surface area is 113 Å². The predicted octanol–water partition coefficient (Wildman–Crippen LogP) is 2.80. The van der Waals surface area contributed by atoms with Crippen molar-refractivity contribution in [2.24, 2.45) is 0 Å². The molecule has 1 aliphatic heterocycles. The first-order valence-corrected chi connectivity index (χ1v) is 6.84. The smallest absolute Gasteiger partial charge is 0.274 e. The summed E-state index contributed by atoms with van der Waals surface area (Å²) in [5, 5.41) is 14.4. The van der Waals surface area contributed by atoms with Crippen LogP contribution in [0.25, 0.3) is 0 Å². The van der Waals surface area contributed by atoms with Crippen LogP contribution in [0.15, 0.2) is 18.2 Å². The van der Waals surface area contributed by atoms with Crippen LogP contribution in [0.1, 0.15) is 25.3 Å². The van der Waals surface area contributed by atoms with Crippen LogP contribution < -0.4 is 5.32 Å². The maximum atomic E-state index is 10.9. The third kappa shape index (κ3) is 3.23. The first-order chi connectivity index (χ1) is 9.11. The normalized spacial score (nSPS) is 20.2. The molecular weight excluding hydrogens is 242 g/mol. The molecule has 1 fully saturated rings. The fraction of sp³-hybridized carbons (Fsp3) is 0.571. The monoisotopic (exact) mass is 263 g/mol. The van der Waals surface area contributed by atoms with Gasteiger partial charge < -0.3 is 10.2 Å². The van der Waals surface area contributed by atoms with Gasteiger partial charge in [-0.2, -0.15) is 0 Å². The van der Waals surface area contributed by atoms with Gasteiger partial charge in [0.25, 0.3) is 5.69 Å². The van der Waals surface area contributed by atoms with Crippen molar-refractivity contribution in [3.05, 3.63) is 33.9 Å². The number of hydrogen-bond donors (Lipinski definition) is 1. The highest BCUT2D eigenvalue weighted by Gasteiger charge is 2.20. The minimum absolute atomic E-state index is 0.188. The van der Waals surface area contributed by atoms with E-state index in [1.165, 1.54) is 6.42 Å². The molecule has 0 aliphatic carbocycles. The molecule has 5 nitrogen and oxygen atoms in total. The largest absolute Gasteiger partial charge is 0.381 e. The van der Waals surface area contributed by atoms with Gasteiger partial charge in [0.05, 0.1) is 4.92 Å². The van der Waals surface area contributed by atoms with Crippen LogP contribution in [-0.2, 0) is 0 Å². The lowest BCUT2D eigenvalue weighted by Gasteiger charge is -2.33. The molecule has 1 heterocycles. The fourth-order valence-corrected chi connectivity index (χ4v) is 2.66. The van der Waals surface area contributed by atoms with Crippen LogP contribution in [-0.4, -0.2) is 35.5 Å². The van der Waals surface area contributed by atoms with E-state index in [0.717, 1.165) is 37.3 Å². The molecule has 0 aromatic heterocycles. The standard InChI is InChI=1S/C14H21N3O2/c1-3-16-9-5-6-12(10-16)15-13-7-4-8-14(11(13)2)17(18)19/h4,7-8,12,15H,3,5-6,9-10H2,1-2H3. The van der Waals surface area contributed by atoms with Crippen LogP contribution in [0.5, 0.6) is 0 Å². The Morgan fingerprint density at radius 3 is 3.00 bits per heavy atom. The lowest BCUT2D eigenvalue weighted by Crippen LogP contribution is -2.41. The number of anilines is 1. The quantitative estimate of drug-likeness (QED) is 0.670. The lowest BCUT2D eigenvalue weighted by atomic mass is 10.0. The molecule has 19 heavy (non-hydrogen) atoms. The van der Waals surface area contributed by atoms with E-state index in [4.69, 9.17) is 0 Å². The Morgan fingerprint density at radius 2 is 2.32 bits per heavy atom. The molecule has 0 spiro atoms. The van der Waals surface area contributed by atoms with Gasteiger partial charge in [-0.25, -0.2) is 0 Å². The summed E-state index contributed by atoms with van der Waals surface area (Å²) in [5.41, 5.74) is 1.80. The van der Waals surface area contributed by atoms with Crippen LogP contribution in [0.3, 0.4) is 0 Å². The maximum Gasteiger partial charge on any atom is 0.274 e. The molecule has 2 rings (SSSR count). The number of nitro benzene ring substituents is 1. The van der Waals surface area contributed by atoms with E-state index in [1.54, 1.807) is 19.1 Å². The van der Waals surface area contributed by atoms with Crippen molar-refractivity contribution in [1.82, 2.24) is 4.90 Å². The minimum Gasteiger partial charge on any atom is -0.381 e. The summed E-state index contributed by atoms with van der Waals surface area (Å²) in [6.45, 7) is 7.20. The molecule has 0 bridgehead atoms. The van der Waals surface area contributed by atoms with Crippen molar-refractivity contribution < 1.29 is 4.92 Å². The zero-order valence-electron chi connectivity index (χ0n) is 11.6. The highest BCUT2D eigenvalue weighted by atomic mass is 16.6. The number of nitro groups is 1. The molecule has 1 unspecified atom stereocenters. The van der Waals surface area contributed by atoms with E-state index >= 15 is 0 Å². The molecule has 1 aliphatic rings. The van der Waals surface area contributed by atoms with Crippen molar-refractivity contribution in [1.29, 1.82) is 0 Å². The Bertz CT molecular complexity index is 462. The van der Waals surface area contributed by atoms with Crippen molar-refractivity contribution >= 4 is 11.4 Å². The van der Waals surface area contributed by atoms with Crippen LogP contribution >= 0.6 is 0 Å². The Hall–Kier alpha value is -1.62. The van der Waals surface area contributed by atoms with Crippen LogP contribution in [0, 0.1) is 17.0 Å². The molecular formula is C14H21N3O2. The van der Waals surface area contributed by atoms with E-state index in [1.807, 2.05) is 6.07 Å². The summed E-state index contributed by atoms with van der Waals surface area (Å²) in [6, 6.07) is 5.61. The average molecular weight is 263 g/mol. The van der Waals surface area contributed by atoms with Crippen molar-refractivity contribution in [2.45, 2.75) is 32.7 Å². The number of rotatable bonds is 4. The highest BCUT2D eigenvalue weighted by molar-refractivity contribution is 5.60. The summed E-state index contributed by atoms with van der Waals surface area (Å²) in [5.74, 6) is 0. The van der Waals surface area contributed by atoms with E-state index in [9.17, 15) is 10.1 Å². The van der Waals surface area contributed by atoms with Gasteiger partial charge in [-0.1, -0.05) is 13.0 Å². The van der Waals surface area contributed by atoms with Gasteiger partial charge in [-0.3, -0.25) is 10.1 Å². The molecule has 1 saturated heterocycles. The summed E-state index contributed by atoms with van der Waals surface area (Å²) in [6.07, 6.45) is 2.30. The van der Waals surface area contributed by atoms with Crippen molar-refractivity contribution in [2.75, 3.05) is 25.0 Å². The Kier molecular flexibility index (Phi) is 4.37. The number of benzene rings is 1. The molecule has 5 heteroatoms. The highest BCUT2D eigenvalue weighted by Crippen LogP contribution is 2.26. The number of nitrogens with one attached hydrogen (secondary N) is 1. The van der Waals surface area contributed by atoms with Crippen molar-refractivity contribution in [3.63, 3.8) is 0 Å². The number of likely N-dealkylation sites (tertiary alicyclic amines) is 1. The molecule has 104 valence electrons. The second kappa shape index (κ2) is 6.02. The topological polar surface area (TPSA) is 58.4 Å². The third-order valence-corrected chi connectivity index (χ3v) is 3.81. The molecule has 1 N–H and O–H groups in total. The summed E-state index contributed by atoms with van der Waals surface area (Å²) in [7, 11) is 0. The zero-order chi connectivity index (χ0) is 13.8. The maximum absolute atomic E-state index is 10.9. The molecule has 1 aromatic carbocycles. The van der Waals surface area contributed by atoms with Gasteiger partial charge in [0.15, 0.2) is 0 Å². The molecule has 0 radical (unpaired) electrons. The second-order valence-electron chi connectivity index (χ2n) is 5.08. The van der Waals surface area contributed by atoms with Crippen molar-refractivity contribution in [3.8, 4) is 0 Å². The van der Waals surface area contributed by atoms with Gasteiger partial charge in [0.2, 0.25) is 0 Å². The molecule has 1 aromatic rings. The van der Waals surface area contributed by atoms with Gasteiger partial charge in [0.1, 0.15) is 0 Å². The first-order valence-electron chi connectivity index (χ1n) is 6.84. The van der Waals surface area contributed by atoms with E-state index in [-0.39, 0.29) is 10.6 Å². The fourth-order valence-electron chi connectivity index (χ4n) is 2.66. The van der Waals surface area contributed by atoms with Crippen LogP contribution in [0.2, 0.25) is 0 Å². The predicted molar refractivity (Wildman–Crippen MR) is 76.6 cm³/mol. The number of hydrogen-bond acceptors (Lipinski definition) is 4. The minimum atomic E-state index is -0.320. The van der Waals surface area contributed by atoms with Gasteiger partial charge >= 0.3 is 0 Å². The third-order valence-electron chi connectivity index (χ3n) is 3.81. The molecule has 0 amide bonds. The Morgan fingerprint density at radius 1 is 1.53 bits per heavy atom. The summed E-state index contributed by atoms with van der Waals surface area (Å²) >= 11 is 0. The number of piperidine rings is 1. The van der Waals surface area contributed by atoms with Gasteiger partial charge in [-0.05, 0) is 38.9 Å². The summed E-state index contributed by atoms with van der Waals surface area (Å²) < 4.78 is 0. The average Bonchev–Trinajstić information content (AvgIpc) is 2.41. The summed E-state index contributed by atoms with van der Waals surface area (Å²) in [4.78, 5) is 13.0. The van der Waals surface area contributed by atoms with Crippen LogP contribution in [0.4, 0.5) is 11.4 Å². The second-order valence-corrected chi connectivity index (χ2v) is 5.08. The molecule has 1 atom stereocenters. The number of nitrogens with zero attached hydrogens (tertiary/aromatic N) is 2. The van der Waals surface area contributed by atoms with Gasteiger partial charge in [0, 0.05) is 29.9 Å². The van der Waals surface area contributed by atoms with Gasteiger partial charge in [-0.15, -0.1) is 0 Å². The SMILES string of the molecule is CCN1CCCC(Nc2cccc([N+](=O)[O-])c2C)C1. The zero-order valence-corrected chi connectivity index (χ0v) is 11.6.